The van der Waals surface area contributed by atoms with E-state index in [0.717, 1.165) is 32.2 Å². The molecule has 0 spiro atoms. The van der Waals surface area contributed by atoms with E-state index >= 15 is 0 Å². The van der Waals surface area contributed by atoms with Crippen molar-refractivity contribution in [2.75, 3.05) is 32.4 Å². The molecule has 0 aromatic carbocycles. The van der Waals surface area contributed by atoms with Crippen LogP contribution in [0.25, 0.3) is 0 Å². The van der Waals surface area contributed by atoms with Crippen LogP contribution in [0.3, 0.4) is 0 Å². The van der Waals surface area contributed by atoms with Crippen LogP contribution in [0.5, 0.6) is 0 Å². The molecular formula is C10H21N3O3S. The highest BCUT2D eigenvalue weighted by molar-refractivity contribution is 7.88. The molecule has 1 rings (SSSR count). The second kappa shape index (κ2) is 6.93. The van der Waals surface area contributed by atoms with Gasteiger partial charge in [0.05, 0.1) is 12.2 Å². The minimum Gasteiger partial charge on any atom is -0.356 e. The fraction of sp³-hybridized carbons (Fsp3) is 0.900. The molecule has 0 aromatic rings. The van der Waals surface area contributed by atoms with E-state index in [1.54, 1.807) is 0 Å². The third-order valence-corrected chi connectivity index (χ3v) is 3.41. The summed E-state index contributed by atoms with van der Waals surface area (Å²) in [5, 5.41) is 6.01. The number of sulfonamides is 1. The van der Waals surface area contributed by atoms with Gasteiger partial charge in [0.25, 0.3) is 0 Å². The number of carbonyl (C=O) groups excluding carboxylic acids is 1. The van der Waals surface area contributed by atoms with Crippen LogP contribution in [0.1, 0.15) is 19.3 Å². The predicted molar refractivity (Wildman–Crippen MR) is 66.1 cm³/mol. The molecule has 7 heteroatoms. The molecule has 1 heterocycles. The smallest absolute Gasteiger partial charge is 0.224 e. The van der Waals surface area contributed by atoms with Gasteiger partial charge in [0, 0.05) is 19.6 Å². The molecular weight excluding hydrogens is 242 g/mol. The van der Waals surface area contributed by atoms with Crippen molar-refractivity contribution in [2.24, 2.45) is 5.92 Å². The van der Waals surface area contributed by atoms with Gasteiger partial charge in [0.15, 0.2) is 0 Å². The zero-order valence-electron chi connectivity index (χ0n) is 10.2. The predicted octanol–water partition coefficient (Wildman–Crippen LogP) is -0.958. The van der Waals surface area contributed by atoms with Gasteiger partial charge < -0.3 is 10.6 Å². The summed E-state index contributed by atoms with van der Waals surface area (Å²) >= 11 is 0. The van der Waals surface area contributed by atoms with Gasteiger partial charge in [-0.15, -0.1) is 0 Å². The Morgan fingerprint density at radius 3 is 2.76 bits per heavy atom. The van der Waals surface area contributed by atoms with Gasteiger partial charge in [-0.05, 0) is 25.8 Å². The number of carbonyl (C=O) groups is 1. The zero-order valence-corrected chi connectivity index (χ0v) is 11.0. The van der Waals surface area contributed by atoms with Gasteiger partial charge in [-0.3, -0.25) is 4.79 Å². The van der Waals surface area contributed by atoms with Crippen LogP contribution in [0, 0.1) is 5.92 Å². The van der Waals surface area contributed by atoms with E-state index < -0.39 is 10.0 Å². The van der Waals surface area contributed by atoms with E-state index in [9.17, 15) is 13.2 Å². The van der Waals surface area contributed by atoms with Crippen LogP contribution >= 0.6 is 0 Å². The largest absolute Gasteiger partial charge is 0.356 e. The molecule has 0 radical (unpaired) electrons. The normalized spacial score (nSPS) is 21.1. The molecule has 0 bridgehead atoms. The molecule has 17 heavy (non-hydrogen) atoms. The molecule has 100 valence electrons. The average Bonchev–Trinajstić information content (AvgIpc) is 2.28. The number of nitrogens with one attached hydrogen (secondary N) is 3. The summed E-state index contributed by atoms with van der Waals surface area (Å²) in [4.78, 5) is 11.7. The Balaban J connectivity index is 2.07. The van der Waals surface area contributed by atoms with Crippen LogP contribution in [0.15, 0.2) is 0 Å². The topological polar surface area (TPSA) is 87.3 Å². The number of hydrogen-bond donors (Lipinski definition) is 3. The Kier molecular flexibility index (Phi) is 5.87. The average molecular weight is 263 g/mol. The highest BCUT2D eigenvalue weighted by Crippen LogP contribution is 2.09. The summed E-state index contributed by atoms with van der Waals surface area (Å²) in [6.45, 7) is 2.61. The first-order chi connectivity index (χ1) is 7.99. The molecule has 1 fully saturated rings. The molecule has 0 aromatic heterocycles. The van der Waals surface area contributed by atoms with Crippen molar-refractivity contribution in [1.29, 1.82) is 0 Å². The van der Waals surface area contributed by atoms with Gasteiger partial charge in [0.1, 0.15) is 0 Å². The van der Waals surface area contributed by atoms with Crippen LogP contribution in [-0.4, -0.2) is 46.8 Å². The van der Waals surface area contributed by atoms with Crippen LogP contribution in [0.2, 0.25) is 0 Å². The lowest BCUT2D eigenvalue weighted by atomic mass is 9.99. The van der Waals surface area contributed by atoms with E-state index in [0.29, 0.717) is 19.5 Å². The Hall–Kier alpha value is -0.660. The Morgan fingerprint density at radius 2 is 2.18 bits per heavy atom. The first-order valence-corrected chi connectivity index (χ1v) is 7.81. The van der Waals surface area contributed by atoms with Gasteiger partial charge in [-0.2, -0.15) is 0 Å². The van der Waals surface area contributed by atoms with E-state index in [1.165, 1.54) is 0 Å². The molecule has 1 aliphatic rings. The van der Waals surface area contributed by atoms with Gasteiger partial charge in [-0.25, -0.2) is 13.1 Å². The van der Waals surface area contributed by atoms with Crippen molar-refractivity contribution in [3.63, 3.8) is 0 Å². The molecule has 1 atom stereocenters. The molecule has 1 unspecified atom stereocenters. The Labute approximate surface area is 103 Å². The van der Waals surface area contributed by atoms with Crippen molar-refractivity contribution in [1.82, 2.24) is 15.4 Å². The quantitative estimate of drug-likeness (QED) is 0.539. The number of hydrogen-bond acceptors (Lipinski definition) is 4. The molecule has 0 saturated carbocycles. The minimum atomic E-state index is -3.12. The van der Waals surface area contributed by atoms with Crippen molar-refractivity contribution >= 4 is 15.9 Å². The van der Waals surface area contributed by atoms with E-state index in [1.807, 2.05) is 0 Å². The lowest BCUT2D eigenvalue weighted by Crippen LogP contribution is -2.41. The SMILES string of the molecule is CS(=O)(=O)NCCCNC(=O)C1CCCNC1. The highest BCUT2D eigenvalue weighted by atomic mass is 32.2. The fourth-order valence-electron chi connectivity index (χ4n) is 1.78. The Bertz CT molecular complexity index is 337. The maximum atomic E-state index is 11.7. The number of piperidine rings is 1. The van der Waals surface area contributed by atoms with E-state index in [4.69, 9.17) is 0 Å². The summed E-state index contributed by atoms with van der Waals surface area (Å²) in [6.07, 6.45) is 3.70. The summed E-state index contributed by atoms with van der Waals surface area (Å²) in [6, 6.07) is 0. The molecule has 0 aliphatic carbocycles. The van der Waals surface area contributed by atoms with Gasteiger partial charge in [0.2, 0.25) is 15.9 Å². The second-order valence-corrected chi connectivity index (χ2v) is 6.19. The van der Waals surface area contributed by atoms with Gasteiger partial charge >= 0.3 is 0 Å². The van der Waals surface area contributed by atoms with Crippen LogP contribution in [0.4, 0.5) is 0 Å². The van der Waals surface area contributed by atoms with Crippen molar-refractivity contribution < 1.29 is 13.2 Å². The number of amides is 1. The zero-order chi connectivity index (χ0) is 12.7. The molecule has 1 amide bonds. The van der Waals surface area contributed by atoms with Gasteiger partial charge in [-0.1, -0.05) is 0 Å². The summed E-state index contributed by atoms with van der Waals surface area (Å²) in [5.41, 5.74) is 0. The molecule has 1 saturated heterocycles. The minimum absolute atomic E-state index is 0.0617. The van der Waals surface area contributed by atoms with Crippen LogP contribution in [-0.2, 0) is 14.8 Å². The molecule has 3 N–H and O–H groups in total. The maximum absolute atomic E-state index is 11.7. The fourth-order valence-corrected chi connectivity index (χ4v) is 2.29. The molecule has 1 aliphatic heterocycles. The van der Waals surface area contributed by atoms with E-state index in [2.05, 4.69) is 15.4 Å². The second-order valence-electron chi connectivity index (χ2n) is 4.35. The number of rotatable bonds is 6. The summed E-state index contributed by atoms with van der Waals surface area (Å²) < 4.78 is 23.9. The van der Waals surface area contributed by atoms with Crippen molar-refractivity contribution in [2.45, 2.75) is 19.3 Å². The Morgan fingerprint density at radius 1 is 1.41 bits per heavy atom. The molecule has 6 nitrogen and oxygen atoms in total. The highest BCUT2D eigenvalue weighted by Gasteiger charge is 2.19. The lowest BCUT2D eigenvalue weighted by molar-refractivity contribution is -0.125. The monoisotopic (exact) mass is 263 g/mol. The van der Waals surface area contributed by atoms with Crippen LogP contribution < -0.4 is 15.4 Å². The third-order valence-electron chi connectivity index (χ3n) is 2.68. The van der Waals surface area contributed by atoms with Crippen molar-refractivity contribution in [3.8, 4) is 0 Å². The van der Waals surface area contributed by atoms with Crippen molar-refractivity contribution in [3.05, 3.63) is 0 Å². The lowest BCUT2D eigenvalue weighted by Gasteiger charge is -2.21. The first kappa shape index (κ1) is 14.4. The summed E-state index contributed by atoms with van der Waals surface area (Å²) in [7, 11) is -3.12. The first-order valence-electron chi connectivity index (χ1n) is 5.92. The standard InChI is InChI=1S/C10H21N3O3S/c1-17(15,16)13-7-3-6-12-10(14)9-4-2-5-11-8-9/h9,11,13H,2-8H2,1H3,(H,12,14). The summed E-state index contributed by atoms with van der Waals surface area (Å²) in [5.74, 6) is 0.128. The maximum Gasteiger partial charge on any atom is 0.224 e. The van der Waals surface area contributed by atoms with E-state index in [-0.39, 0.29) is 11.8 Å². The third kappa shape index (κ3) is 6.60.